The fourth-order valence-electron chi connectivity index (χ4n) is 2.29. The van der Waals surface area contributed by atoms with Crippen LogP contribution in [0.4, 0.5) is 0 Å². The zero-order valence-corrected chi connectivity index (χ0v) is 14.8. The van der Waals surface area contributed by atoms with Crippen LogP contribution < -0.4 is 5.46 Å². The van der Waals surface area contributed by atoms with E-state index in [9.17, 15) is 0 Å². The second kappa shape index (κ2) is 7.74. The number of rotatable bonds is 3. The molecule has 0 N–H and O–H groups in total. The maximum atomic E-state index is 8.12. The topological polar surface area (TPSA) is 52.6 Å². The van der Waals surface area contributed by atoms with Crippen LogP contribution in [-0.2, 0) is 18.9 Å². The van der Waals surface area contributed by atoms with Gasteiger partial charge in [0.1, 0.15) is 0 Å². The van der Waals surface area contributed by atoms with E-state index in [4.69, 9.17) is 18.9 Å². The summed E-state index contributed by atoms with van der Waals surface area (Å²) in [6, 6.07) is 6.43. The van der Waals surface area contributed by atoms with E-state index in [1.54, 1.807) is 0 Å². The van der Waals surface area contributed by atoms with Crippen molar-refractivity contribution in [2.75, 3.05) is 0 Å². The molecule has 1 aromatic carbocycles. The van der Waals surface area contributed by atoms with Crippen molar-refractivity contribution >= 4 is 24.8 Å². The monoisotopic (exact) mass is 316 g/mol. The van der Waals surface area contributed by atoms with Gasteiger partial charge >= 0.3 is 13.3 Å². The van der Waals surface area contributed by atoms with Crippen molar-refractivity contribution in [2.45, 2.75) is 59.2 Å². The Labute approximate surface area is 139 Å². The summed E-state index contributed by atoms with van der Waals surface area (Å²) in [5, 5.41) is 0. The summed E-state index contributed by atoms with van der Waals surface area (Å²) in [4.78, 5) is 16.2. The molecule has 124 valence electrons. The van der Waals surface area contributed by atoms with Crippen LogP contribution in [0.15, 0.2) is 24.3 Å². The number of carbonyl (C=O) groups excluding carboxylic acids is 2. The molecule has 23 heavy (non-hydrogen) atoms. The standard InChI is InChI=1S/C17H25BO2.CO2/c1-7-8-9-14-10-11-15(13(2)12-14)18-19-16(3,4)17(5,6)20-18;2-1-3/h8-12H,7H2,1-6H3;/b9-8+;. The van der Waals surface area contributed by atoms with E-state index in [0.717, 1.165) is 11.9 Å². The molecule has 5 heteroatoms. The molecule has 1 aliphatic heterocycles. The van der Waals surface area contributed by atoms with Crippen LogP contribution in [0.25, 0.3) is 6.08 Å². The Morgan fingerprint density at radius 2 is 1.65 bits per heavy atom. The van der Waals surface area contributed by atoms with Gasteiger partial charge in [-0.3, -0.25) is 0 Å². The Morgan fingerprint density at radius 3 is 2.09 bits per heavy atom. The highest BCUT2D eigenvalue weighted by Gasteiger charge is 2.51. The van der Waals surface area contributed by atoms with E-state index in [2.05, 4.69) is 71.9 Å². The molecule has 0 unspecified atom stereocenters. The highest BCUT2D eigenvalue weighted by Crippen LogP contribution is 2.36. The molecule has 0 amide bonds. The van der Waals surface area contributed by atoms with E-state index in [-0.39, 0.29) is 24.5 Å². The lowest BCUT2D eigenvalue weighted by molar-refractivity contribution is -0.191. The van der Waals surface area contributed by atoms with Crippen molar-refractivity contribution in [3.05, 3.63) is 35.4 Å². The Morgan fingerprint density at radius 1 is 1.13 bits per heavy atom. The van der Waals surface area contributed by atoms with Crippen LogP contribution in [0.3, 0.4) is 0 Å². The van der Waals surface area contributed by atoms with E-state index >= 15 is 0 Å². The fraction of sp³-hybridized carbons (Fsp3) is 0.500. The molecule has 1 saturated heterocycles. The maximum absolute atomic E-state index is 8.12. The normalized spacial score (nSPS) is 18.4. The predicted molar refractivity (Wildman–Crippen MR) is 91.2 cm³/mol. The minimum Gasteiger partial charge on any atom is -0.399 e. The summed E-state index contributed by atoms with van der Waals surface area (Å²) in [7, 11) is -0.274. The number of hydrogen-bond donors (Lipinski definition) is 0. The Bertz CT molecular complexity index is 583. The lowest BCUT2D eigenvalue weighted by atomic mass is 9.76. The molecule has 0 radical (unpaired) electrons. The summed E-state index contributed by atoms with van der Waals surface area (Å²) < 4.78 is 12.2. The SMILES string of the molecule is CC/C=C/c1ccc(B2OC(C)(C)C(C)(C)O2)c(C)c1.O=C=O. The molecule has 1 heterocycles. The van der Waals surface area contributed by atoms with Gasteiger partial charge in [0.15, 0.2) is 0 Å². The number of benzene rings is 1. The first-order valence-electron chi connectivity index (χ1n) is 7.80. The molecule has 0 bridgehead atoms. The largest absolute Gasteiger partial charge is 0.495 e. The second-order valence-corrected chi connectivity index (χ2v) is 6.60. The van der Waals surface area contributed by atoms with Crippen LogP contribution in [0.1, 0.15) is 52.2 Å². The molecule has 1 fully saturated rings. The molecule has 1 aromatic rings. The summed E-state index contributed by atoms with van der Waals surface area (Å²) >= 11 is 0. The third-order valence-electron chi connectivity index (χ3n) is 4.35. The van der Waals surface area contributed by atoms with Crippen LogP contribution in [0, 0.1) is 6.92 Å². The number of hydrogen-bond acceptors (Lipinski definition) is 4. The smallest absolute Gasteiger partial charge is 0.399 e. The lowest BCUT2D eigenvalue weighted by Crippen LogP contribution is -2.41. The summed E-state index contributed by atoms with van der Waals surface area (Å²) in [6.45, 7) is 12.6. The van der Waals surface area contributed by atoms with Gasteiger partial charge in [-0.25, -0.2) is 0 Å². The number of allylic oxidation sites excluding steroid dienone is 1. The number of aryl methyl sites for hydroxylation is 1. The van der Waals surface area contributed by atoms with Gasteiger partial charge in [-0.15, -0.1) is 0 Å². The molecule has 2 rings (SSSR count). The molecule has 0 aliphatic carbocycles. The predicted octanol–water partition coefficient (Wildman–Crippen LogP) is 3.13. The minimum absolute atomic E-state index is 0.250. The quantitative estimate of drug-likeness (QED) is 0.804. The van der Waals surface area contributed by atoms with Crippen LogP contribution in [0.2, 0.25) is 0 Å². The van der Waals surface area contributed by atoms with E-state index in [1.165, 1.54) is 11.1 Å². The van der Waals surface area contributed by atoms with Gasteiger partial charge in [-0.05, 0) is 52.1 Å². The van der Waals surface area contributed by atoms with Crippen LogP contribution >= 0.6 is 0 Å². The first-order valence-corrected chi connectivity index (χ1v) is 7.80. The molecule has 0 saturated carbocycles. The second-order valence-electron chi connectivity index (χ2n) is 6.60. The van der Waals surface area contributed by atoms with Crippen molar-refractivity contribution in [2.24, 2.45) is 0 Å². The van der Waals surface area contributed by atoms with Crippen molar-refractivity contribution in [1.29, 1.82) is 0 Å². The third-order valence-corrected chi connectivity index (χ3v) is 4.35. The molecule has 0 aromatic heterocycles. The summed E-state index contributed by atoms with van der Waals surface area (Å²) in [6.07, 6.45) is 5.63. The molecular weight excluding hydrogens is 291 g/mol. The van der Waals surface area contributed by atoms with Gasteiger partial charge in [0.25, 0.3) is 0 Å². The highest BCUT2D eigenvalue weighted by atomic mass is 16.7. The maximum Gasteiger partial charge on any atom is 0.495 e. The van der Waals surface area contributed by atoms with Gasteiger partial charge in [0, 0.05) is 0 Å². The van der Waals surface area contributed by atoms with Gasteiger partial charge in [-0.1, -0.05) is 42.8 Å². The minimum atomic E-state index is -0.287. The third kappa shape index (κ3) is 4.65. The molecule has 0 atom stereocenters. The molecular formula is C18H25BO4. The zero-order chi connectivity index (χ0) is 17.7. The van der Waals surface area contributed by atoms with Crippen molar-refractivity contribution in [1.82, 2.24) is 0 Å². The summed E-state index contributed by atoms with van der Waals surface area (Å²) in [5.41, 5.74) is 2.99. The fourth-order valence-corrected chi connectivity index (χ4v) is 2.29. The van der Waals surface area contributed by atoms with Crippen LogP contribution in [-0.4, -0.2) is 24.5 Å². The highest BCUT2D eigenvalue weighted by molar-refractivity contribution is 6.62. The Balaban J connectivity index is 0.000000816. The van der Waals surface area contributed by atoms with E-state index in [1.807, 2.05) is 0 Å². The van der Waals surface area contributed by atoms with Crippen molar-refractivity contribution in [3.8, 4) is 0 Å². The van der Waals surface area contributed by atoms with Crippen molar-refractivity contribution < 1.29 is 18.9 Å². The lowest BCUT2D eigenvalue weighted by Gasteiger charge is -2.32. The average molecular weight is 316 g/mol. The Hall–Kier alpha value is -1.68. The average Bonchev–Trinajstić information content (AvgIpc) is 2.66. The first-order chi connectivity index (χ1) is 10.7. The van der Waals surface area contributed by atoms with E-state index < -0.39 is 0 Å². The Kier molecular flexibility index (Phi) is 6.52. The molecule has 4 nitrogen and oxygen atoms in total. The van der Waals surface area contributed by atoms with Gasteiger partial charge in [0.2, 0.25) is 0 Å². The summed E-state index contributed by atoms with van der Waals surface area (Å²) in [5.74, 6) is 0. The van der Waals surface area contributed by atoms with Crippen LogP contribution in [0.5, 0.6) is 0 Å². The first kappa shape index (κ1) is 19.4. The van der Waals surface area contributed by atoms with Gasteiger partial charge in [0.05, 0.1) is 11.2 Å². The van der Waals surface area contributed by atoms with Gasteiger partial charge in [-0.2, -0.15) is 9.59 Å². The van der Waals surface area contributed by atoms with Gasteiger partial charge < -0.3 is 9.31 Å². The molecule has 0 spiro atoms. The van der Waals surface area contributed by atoms with E-state index in [0.29, 0.717) is 0 Å². The molecule has 1 aliphatic rings. The van der Waals surface area contributed by atoms with Crippen molar-refractivity contribution in [3.63, 3.8) is 0 Å². The zero-order valence-electron chi connectivity index (χ0n) is 14.8.